The number of ether oxygens (including phenoxy) is 2. The van der Waals surface area contributed by atoms with Crippen molar-refractivity contribution in [1.82, 2.24) is 24.5 Å². The summed E-state index contributed by atoms with van der Waals surface area (Å²) in [5.41, 5.74) is 3.24. The second-order valence-corrected chi connectivity index (χ2v) is 9.51. The van der Waals surface area contributed by atoms with Crippen LogP contribution in [0.25, 0.3) is 11.3 Å². The van der Waals surface area contributed by atoms with Crippen LogP contribution in [0.2, 0.25) is 0 Å². The topological polar surface area (TPSA) is 92.0 Å². The number of alkyl halides is 2. The molecule has 0 amide bonds. The highest BCUT2D eigenvalue weighted by Crippen LogP contribution is 2.40. The van der Waals surface area contributed by atoms with Crippen LogP contribution < -0.4 is 10.3 Å². The average molecular weight is 486 g/mol. The van der Waals surface area contributed by atoms with E-state index in [9.17, 15) is 13.6 Å². The summed E-state index contributed by atoms with van der Waals surface area (Å²) in [5.74, 6) is -2.36. The second kappa shape index (κ2) is 9.22. The van der Waals surface area contributed by atoms with Crippen molar-refractivity contribution < 1.29 is 18.3 Å². The Kier molecular flexibility index (Phi) is 6.25. The number of methoxy groups -OCH3 is 1. The summed E-state index contributed by atoms with van der Waals surface area (Å²) >= 11 is 0. The van der Waals surface area contributed by atoms with Crippen LogP contribution in [0.15, 0.2) is 23.1 Å². The largest absolute Gasteiger partial charge is 0.481 e. The van der Waals surface area contributed by atoms with E-state index >= 15 is 0 Å². The summed E-state index contributed by atoms with van der Waals surface area (Å²) in [5, 5.41) is 0. The van der Waals surface area contributed by atoms with Gasteiger partial charge in [-0.2, -0.15) is 0 Å². The SMILES string of the molecule is COc1cc([C@H]2C[C@@H](c3nc4nc(C)c(C)nc4n(C4CCC(F)(F)CC4)c3=O)CCO2)ccn1. The fourth-order valence-electron chi connectivity index (χ4n) is 5.10. The molecular weight excluding hydrogens is 456 g/mol. The maximum absolute atomic E-state index is 13.9. The smallest absolute Gasteiger partial charge is 0.274 e. The number of pyridine rings is 1. The molecule has 2 fully saturated rings. The van der Waals surface area contributed by atoms with E-state index in [0.29, 0.717) is 48.0 Å². The van der Waals surface area contributed by atoms with Gasteiger partial charge in [-0.05, 0) is 51.2 Å². The Morgan fingerprint density at radius 2 is 1.86 bits per heavy atom. The molecule has 2 atom stereocenters. The highest BCUT2D eigenvalue weighted by Gasteiger charge is 2.37. The molecule has 0 spiro atoms. The molecule has 0 bridgehead atoms. The maximum atomic E-state index is 13.9. The van der Waals surface area contributed by atoms with Crippen molar-refractivity contribution in [3.63, 3.8) is 0 Å². The van der Waals surface area contributed by atoms with Gasteiger partial charge in [-0.25, -0.2) is 28.7 Å². The molecule has 10 heteroatoms. The Bertz CT molecular complexity index is 1300. The van der Waals surface area contributed by atoms with Crippen molar-refractivity contribution in [3.8, 4) is 5.88 Å². The van der Waals surface area contributed by atoms with E-state index in [1.165, 1.54) is 0 Å². The highest BCUT2D eigenvalue weighted by molar-refractivity contribution is 5.66. The zero-order valence-electron chi connectivity index (χ0n) is 20.1. The van der Waals surface area contributed by atoms with Gasteiger partial charge >= 0.3 is 0 Å². The number of aryl methyl sites for hydroxylation is 2. The number of aromatic nitrogens is 5. The molecule has 3 aromatic rings. The van der Waals surface area contributed by atoms with E-state index in [0.717, 1.165) is 11.3 Å². The molecule has 3 aromatic heterocycles. The lowest BCUT2D eigenvalue weighted by Gasteiger charge is -2.32. The van der Waals surface area contributed by atoms with Gasteiger partial charge in [0.2, 0.25) is 11.8 Å². The maximum Gasteiger partial charge on any atom is 0.274 e. The van der Waals surface area contributed by atoms with Gasteiger partial charge < -0.3 is 9.47 Å². The molecule has 4 heterocycles. The predicted octanol–water partition coefficient (Wildman–Crippen LogP) is 4.59. The third kappa shape index (κ3) is 4.63. The zero-order valence-corrected chi connectivity index (χ0v) is 20.1. The number of rotatable bonds is 4. The Labute approximate surface area is 201 Å². The van der Waals surface area contributed by atoms with Crippen LogP contribution in [0.4, 0.5) is 8.78 Å². The Balaban J connectivity index is 1.56. The lowest BCUT2D eigenvalue weighted by Crippen LogP contribution is -2.36. The standard InChI is InChI=1S/C25H29F2N5O3/c1-14-15(2)30-23-22(29-14)31-21(24(33)32(23)18-4-8-25(26,27)9-5-18)17-7-11-35-19(12-17)16-6-10-28-20(13-16)34-3/h6,10,13,17-19H,4-5,7-9,11-12H2,1-3H3/t17-,19+/m0/s1. The van der Waals surface area contributed by atoms with Gasteiger partial charge in [0.15, 0.2) is 11.3 Å². The summed E-state index contributed by atoms with van der Waals surface area (Å²) in [6.07, 6.45) is 2.56. The van der Waals surface area contributed by atoms with E-state index in [1.54, 1.807) is 17.9 Å². The molecule has 0 aromatic carbocycles. The molecule has 0 unspecified atom stereocenters. The summed E-state index contributed by atoms with van der Waals surface area (Å²) in [6, 6.07) is 3.35. The van der Waals surface area contributed by atoms with Crippen molar-refractivity contribution in [2.75, 3.05) is 13.7 Å². The first-order valence-corrected chi connectivity index (χ1v) is 12.0. The molecule has 1 saturated heterocycles. The molecule has 5 rings (SSSR count). The quantitative estimate of drug-likeness (QED) is 0.534. The van der Waals surface area contributed by atoms with Crippen molar-refractivity contribution in [2.45, 2.75) is 76.4 Å². The molecule has 35 heavy (non-hydrogen) atoms. The van der Waals surface area contributed by atoms with E-state index in [4.69, 9.17) is 14.5 Å². The minimum absolute atomic E-state index is 0.162. The lowest BCUT2D eigenvalue weighted by atomic mass is 9.89. The summed E-state index contributed by atoms with van der Waals surface area (Å²) in [7, 11) is 1.56. The first-order chi connectivity index (χ1) is 16.8. The van der Waals surface area contributed by atoms with Crippen LogP contribution in [-0.4, -0.2) is 44.1 Å². The van der Waals surface area contributed by atoms with Gasteiger partial charge in [-0.1, -0.05) is 0 Å². The normalized spacial score (nSPS) is 22.9. The number of halogens is 2. The molecule has 1 saturated carbocycles. The number of nitrogens with zero attached hydrogens (tertiary/aromatic N) is 5. The molecule has 186 valence electrons. The third-order valence-corrected chi connectivity index (χ3v) is 7.23. The van der Waals surface area contributed by atoms with Gasteiger partial charge in [0.05, 0.1) is 24.6 Å². The van der Waals surface area contributed by atoms with Crippen LogP contribution in [0.1, 0.15) is 79.2 Å². The van der Waals surface area contributed by atoms with Gasteiger partial charge in [0.1, 0.15) is 5.69 Å². The summed E-state index contributed by atoms with van der Waals surface area (Å²) in [6.45, 7) is 4.14. The number of hydrogen-bond donors (Lipinski definition) is 0. The Morgan fingerprint density at radius 1 is 1.11 bits per heavy atom. The van der Waals surface area contributed by atoms with Crippen LogP contribution in [0.5, 0.6) is 5.88 Å². The van der Waals surface area contributed by atoms with Gasteiger partial charge in [0, 0.05) is 43.7 Å². The van der Waals surface area contributed by atoms with Crippen molar-refractivity contribution in [3.05, 3.63) is 51.3 Å². The molecule has 1 aliphatic carbocycles. The minimum atomic E-state index is -2.69. The van der Waals surface area contributed by atoms with Gasteiger partial charge in [-0.3, -0.25) is 9.36 Å². The fourth-order valence-corrected chi connectivity index (χ4v) is 5.10. The first kappa shape index (κ1) is 23.7. The summed E-state index contributed by atoms with van der Waals surface area (Å²) in [4.78, 5) is 31.9. The predicted molar refractivity (Wildman–Crippen MR) is 125 cm³/mol. The van der Waals surface area contributed by atoms with Gasteiger partial charge in [0.25, 0.3) is 5.56 Å². The van der Waals surface area contributed by atoms with Gasteiger partial charge in [-0.15, -0.1) is 0 Å². The summed E-state index contributed by atoms with van der Waals surface area (Å²) < 4.78 is 40.6. The van der Waals surface area contributed by atoms with Crippen LogP contribution in [0.3, 0.4) is 0 Å². The highest BCUT2D eigenvalue weighted by atomic mass is 19.3. The molecule has 8 nitrogen and oxygen atoms in total. The number of hydrogen-bond acceptors (Lipinski definition) is 7. The van der Waals surface area contributed by atoms with E-state index in [2.05, 4.69) is 15.0 Å². The van der Waals surface area contributed by atoms with E-state index < -0.39 is 5.92 Å². The first-order valence-electron chi connectivity index (χ1n) is 12.0. The fraction of sp³-hybridized carbons (Fsp3) is 0.560. The van der Waals surface area contributed by atoms with Crippen molar-refractivity contribution >= 4 is 11.3 Å². The Hall–Kier alpha value is -3.01. The van der Waals surface area contributed by atoms with E-state index in [1.807, 2.05) is 26.0 Å². The van der Waals surface area contributed by atoms with Crippen molar-refractivity contribution in [2.24, 2.45) is 0 Å². The molecule has 0 radical (unpaired) electrons. The van der Waals surface area contributed by atoms with Crippen LogP contribution in [0, 0.1) is 13.8 Å². The van der Waals surface area contributed by atoms with Crippen LogP contribution in [-0.2, 0) is 4.74 Å². The molecule has 1 aliphatic heterocycles. The Morgan fingerprint density at radius 3 is 2.60 bits per heavy atom. The second-order valence-electron chi connectivity index (χ2n) is 9.51. The third-order valence-electron chi connectivity index (χ3n) is 7.23. The van der Waals surface area contributed by atoms with Crippen molar-refractivity contribution in [1.29, 1.82) is 0 Å². The molecule has 0 N–H and O–H groups in total. The molecule has 2 aliphatic rings. The molecular formula is C25H29F2N5O3. The minimum Gasteiger partial charge on any atom is -0.481 e. The zero-order chi connectivity index (χ0) is 24.7. The van der Waals surface area contributed by atoms with E-state index in [-0.39, 0.29) is 49.3 Å². The lowest BCUT2D eigenvalue weighted by molar-refractivity contribution is -0.0440. The number of fused-ring (bicyclic) bond motifs is 1. The average Bonchev–Trinajstić information content (AvgIpc) is 2.85. The monoisotopic (exact) mass is 485 g/mol. The van der Waals surface area contributed by atoms with Crippen LogP contribution >= 0.6 is 0 Å².